The van der Waals surface area contributed by atoms with Gasteiger partial charge in [0, 0.05) is 18.2 Å². The van der Waals surface area contributed by atoms with Gasteiger partial charge in [0.2, 0.25) is 0 Å². The van der Waals surface area contributed by atoms with E-state index < -0.39 is 0 Å². The van der Waals surface area contributed by atoms with E-state index >= 15 is 0 Å². The van der Waals surface area contributed by atoms with E-state index in [9.17, 15) is 0 Å². The number of para-hydroxylation sites is 1. The Kier molecular flexibility index (Phi) is 3.86. The first-order chi connectivity index (χ1) is 10.3. The number of rotatable bonds is 5. The largest absolute Gasteiger partial charge is 0.492 e. The Morgan fingerprint density at radius 1 is 1.29 bits per heavy atom. The van der Waals surface area contributed by atoms with Gasteiger partial charge >= 0.3 is 0 Å². The van der Waals surface area contributed by atoms with E-state index in [1.165, 1.54) is 5.56 Å². The predicted octanol–water partition coefficient (Wildman–Crippen LogP) is 3.08. The lowest BCUT2D eigenvalue weighted by molar-refractivity contribution is 0.246. The standard InChI is InChI=1S/C17H20N2O2/c1-2-20-17-10-13(7-8-15(17)18)19-11-14-9-12-5-3-4-6-16(12)21-14/h3-8,10,14,19H,2,9,11,18H2,1H3. The highest BCUT2D eigenvalue weighted by molar-refractivity contribution is 5.61. The molecule has 4 heteroatoms. The number of hydrogen-bond acceptors (Lipinski definition) is 4. The molecule has 1 unspecified atom stereocenters. The van der Waals surface area contributed by atoms with Gasteiger partial charge in [-0.25, -0.2) is 0 Å². The number of nitrogen functional groups attached to an aromatic ring is 1. The minimum Gasteiger partial charge on any atom is -0.492 e. The van der Waals surface area contributed by atoms with Crippen molar-refractivity contribution in [3.8, 4) is 11.5 Å². The highest BCUT2D eigenvalue weighted by atomic mass is 16.5. The molecule has 0 saturated carbocycles. The van der Waals surface area contributed by atoms with Crippen LogP contribution in [0.25, 0.3) is 0 Å². The molecule has 2 aromatic rings. The summed E-state index contributed by atoms with van der Waals surface area (Å²) in [5.41, 5.74) is 8.80. The first kappa shape index (κ1) is 13.6. The summed E-state index contributed by atoms with van der Waals surface area (Å²) in [4.78, 5) is 0. The molecule has 0 radical (unpaired) electrons. The summed E-state index contributed by atoms with van der Waals surface area (Å²) >= 11 is 0. The summed E-state index contributed by atoms with van der Waals surface area (Å²) in [6.07, 6.45) is 1.10. The van der Waals surface area contributed by atoms with Crippen LogP contribution in [0, 0.1) is 0 Å². The van der Waals surface area contributed by atoms with Crippen LogP contribution < -0.4 is 20.5 Å². The number of nitrogens with two attached hydrogens (primary N) is 1. The Hall–Kier alpha value is -2.36. The molecule has 0 spiro atoms. The monoisotopic (exact) mass is 284 g/mol. The molecule has 4 nitrogen and oxygen atoms in total. The number of benzene rings is 2. The second-order valence-corrected chi connectivity index (χ2v) is 5.12. The van der Waals surface area contributed by atoms with Crippen LogP contribution in [0.15, 0.2) is 42.5 Å². The van der Waals surface area contributed by atoms with Gasteiger partial charge in [-0.15, -0.1) is 0 Å². The smallest absolute Gasteiger partial charge is 0.144 e. The third-order valence-electron chi connectivity index (χ3n) is 3.56. The molecule has 1 aliphatic heterocycles. The highest BCUT2D eigenvalue weighted by Gasteiger charge is 2.21. The molecule has 0 amide bonds. The van der Waals surface area contributed by atoms with Gasteiger partial charge in [0.1, 0.15) is 17.6 Å². The summed E-state index contributed by atoms with van der Waals surface area (Å²) in [5.74, 6) is 1.72. The van der Waals surface area contributed by atoms with Gasteiger partial charge in [-0.05, 0) is 30.7 Å². The van der Waals surface area contributed by atoms with Crippen LogP contribution in [0.4, 0.5) is 11.4 Å². The Labute approximate surface area is 124 Å². The van der Waals surface area contributed by atoms with Crippen molar-refractivity contribution in [1.29, 1.82) is 0 Å². The molecule has 1 aliphatic rings. The lowest BCUT2D eigenvalue weighted by Crippen LogP contribution is -2.23. The lowest BCUT2D eigenvalue weighted by atomic mass is 10.1. The molecule has 0 fully saturated rings. The van der Waals surface area contributed by atoms with E-state index in [1.807, 2.05) is 43.3 Å². The fourth-order valence-electron chi connectivity index (χ4n) is 2.52. The topological polar surface area (TPSA) is 56.5 Å². The van der Waals surface area contributed by atoms with E-state index in [0.717, 1.165) is 30.2 Å². The molecule has 3 rings (SSSR count). The normalized spacial score (nSPS) is 16.1. The van der Waals surface area contributed by atoms with Crippen LogP contribution in [0.3, 0.4) is 0 Å². The zero-order chi connectivity index (χ0) is 14.7. The Balaban J connectivity index is 1.60. The maximum absolute atomic E-state index is 5.91. The molecule has 110 valence electrons. The van der Waals surface area contributed by atoms with Crippen LogP contribution in [0.1, 0.15) is 12.5 Å². The van der Waals surface area contributed by atoms with Crippen molar-refractivity contribution in [2.24, 2.45) is 0 Å². The average Bonchev–Trinajstić information content (AvgIpc) is 2.91. The first-order valence-electron chi connectivity index (χ1n) is 7.27. The van der Waals surface area contributed by atoms with Gasteiger partial charge < -0.3 is 20.5 Å². The Bertz CT molecular complexity index is 603. The molecule has 21 heavy (non-hydrogen) atoms. The molecule has 0 aliphatic carbocycles. The number of anilines is 2. The average molecular weight is 284 g/mol. The van der Waals surface area contributed by atoms with Crippen LogP contribution in [0.5, 0.6) is 11.5 Å². The maximum atomic E-state index is 5.91. The van der Waals surface area contributed by atoms with Gasteiger partial charge in [0.25, 0.3) is 0 Å². The lowest BCUT2D eigenvalue weighted by Gasteiger charge is -2.14. The van der Waals surface area contributed by atoms with Crippen molar-refractivity contribution in [2.45, 2.75) is 19.4 Å². The number of fused-ring (bicyclic) bond motifs is 1. The summed E-state index contributed by atoms with van der Waals surface area (Å²) in [6, 6.07) is 13.9. The molecule has 0 saturated heterocycles. The molecule has 1 heterocycles. The Morgan fingerprint density at radius 2 is 2.14 bits per heavy atom. The van der Waals surface area contributed by atoms with Crippen molar-refractivity contribution < 1.29 is 9.47 Å². The summed E-state index contributed by atoms with van der Waals surface area (Å²) in [6.45, 7) is 3.31. The van der Waals surface area contributed by atoms with Crippen molar-refractivity contribution in [2.75, 3.05) is 24.2 Å². The zero-order valence-corrected chi connectivity index (χ0v) is 12.1. The molecule has 2 aromatic carbocycles. The van der Waals surface area contributed by atoms with Crippen molar-refractivity contribution in [1.82, 2.24) is 0 Å². The number of ether oxygens (including phenoxy) is 2. The van der Waals surface area contributed by atoms with Gasteiger partial charge in [-0.2, -0.15) is 0 Å². The van der Waals surface area contributed by atoms with Crippen LogP contribution >= 0.6 is 0 Å². The van der Waals surface area contributed by atoms with Gasteiger partial charge in [0.15, 0.2) is 0 Å². The summed E-state index contributed by atoms with van der Waals surface area (Å²) in [5, 5.41) is 3.39. The van der Waals surface area contributed by atoms with Crippen LogP contribution in [-0.2, 0) is 6.42 Å². The van der Waals surface area contributed by atoms with Gasteiger partial charge in [-0.3, -0.25) is 0 Å². The Morgan fingerprint density at radius 3 is 2.95 bits per heavy atom. The predicted molar refractivity (Wildman–Crippen MR) is 85.1 cm³/mol. The highest BCUT2D eigenvalue weighted by Crippen LogP contribution is 2.29. The third kappa shape index (κ3) is 3.05. The summed E-state index contributed by atoms with van der Waals surface area (Å²) < 4.78 is 11.4. The molecular weight excluding hydrogens is 264 g/mol. The summed E-state index contributed by atoms with van der Waals surface area (Å²) in [7, 11) is 0. The van der Waals surface area contributed by atoms with Crippen molar-refractivity contribution in [3.63, 3.8) is 0 Å². The maximum Gasteiger partial charge on any atom is 0.144 e. The van der Waals surface area contributed by atoms with E-state index in [1.54, 1.807) is 0 Å². The van der Waals surface area contributed by atoms with E-state index in [2.05, 4.69) is 11.4 Å². The second-order valence-electron chi connectivity index (χ2n) is 5.12. The zero-order valence-electron chi connectivity index (χ0n) is 12.1. The van der Waals surface area contributed by atoms with E-state index in [-0.39, 0.29) is 6.10 Å². The van der Waals surface area contributed by atoms with Crippen LogP contribution in [0.2, 0.25) is 0 Å². The fourth-order valence-corrected chi connectivity index (χ4v) is 2.52. The number of hydrogen-bond donors (Lipinski definition) is 2. The fraction of sp³-hybridized carbons (Fsp3) is 0.294. The van der Waals surface area contributed by atoms with Gasteiger partial charge in [-0.1, -0.05) is 18.2 Å². The van der Waals surface area contributed by atoms with E-state index in [0.29, 0.717) is 12.3 Å². The van der Waals surface area contributed by atoms with Crippen molar-refractivity contribution >= 4 is 11.4 Å². The third-order valence-corrected chi connectivity index (χ3v) is 3.56. The molecule has 0 bridgehead atoms. The molecule has 0 aromatic heterocycles. The molecular formula is C17H20N2O2. The molecule has 1 atom stereocenters. The SMILES string of the molecule is CCOc1cc(NCC2Cc3ccccc3O2)ccc1N. The van der Waals surface area contributed by atoms with Crippen LogP contribution in [-0.4, -0.2) is 19.3 Å². The van der Waals surface area contributed by atoms with Gasteiger partial charge in [0.05, 0.1) is 18.8 Å². The second kappa shape index (κ2) is 5.95. The van der Waals surface area contributed by atoms with E-state index in [4.69, 9.17) is 15.2 Å². The molecule has 3 N–H and O–H groups in total. The van der Waals surface area contributed by atoms with Crippen molar-refractivity contribution in [3.05, 3.63) is 48.0 Å². The quantitative estimate of drug-likeness (QED) is 0.828. The minimum absolute atomic E-state index is 0.162. The number of nitrogens with one attached hydrogen (secondary N) is 1. The minimum atomic E-state index is 0.162. The first-order valence-corrected chi connectivity index (χ1v) is 7.27.